The van der Waals surface area contributed by atoms with E-state index in [0.29, 0.717) is 6.07 Å². The Morgan fingerprint density at radius 3 is 2.19 bits per heavy atom. The molecule has 0 aliphatic heterocycles. The summed E-state index contributed by atoms with van der Waals surface area (Å²) in [5, 5.41) is 28.1. The van der Waals surface area contributed by atoms with E-state index in [2.05, 4.69) is 21.1 Å². The van der Waals surface area contributed by atoms with E-state index in [1.54, 1.807) is 0 Å². The van der Waals surface area contributed by atoms with Crippen LogP contribution in [0.1, 0.15) is 0 Å². The molecule has 0 saturated carbocycles. The number of nitrogen functional groups attached to an aromatic ring is 1. The van der Waals surface area contributed by atoms with Crippen molar-refractivity contribution in [2.45, 2.75) is 4.90 Å². The van der Waals surface area contributed by atoms with Gasteiger partial charge in [-0.3, -0.25) is 45.2 Å². The summed E-state index contributed by atoms with van der Waals surface area (Å²) in [6.07, 6.45) is 0. The van der Waals surface area contributed by atoms with E-state index < -0.39 is 52.1 Å². The van der Waals surface area contributed by atoms with Gasteiger partial charge in [-0.2, -0.15) is 18.6 Å². The van der Waals surface area contributed by atoms with Crippen LogP contribution in [0.3, 0.4) is 0 Å². The topological polar surface area (TPSA) is 250 Å². The van der Waals surface area contributed by atoms with E-state index in [1.165, 1.54) is 6.07 Å². The van der Waals surface area contributed by atoms with Crippen molar-refractivity contribution in [2.75, 3.05) is 16.6 Å². The number of nitro benzene ring substituents is 2. The number of hydrogen-bond acceptors (Lipinski definition) is 13. The number of non-ortho nitro benzene ring substituents is 1. The Morgan fingerprint density at radius 2 is 1.61 bits per heavy atom. The number of nitrogens with two attached hydrogens (primary N) is 1. The predicted octanol–water partition coefficient (Wildman–Crippen LogP) is -0.597. The average molecular weight is 526 g/mol. The molecule has 18 heteroatoms. The van der Waals surface area contributed by atoms with Crippen molar-refractivity contribution < 1.29 is 22.8 Å². The number of benzene rings is 3. The van der Waals surface area contributed by atoms with Crippen LogP contribution in [0.15, 0.2) is 73.2 Å². The summed E-state index contributed by atoms with van der Waals surface area (Å²) in [5.41, 5.74) is 6.95. The molecule has 0 heterocycles. The average Bonchev–Trinajstić information content (AvgIpc) is 2.77. The van der Waals surface area contributed by atoms with Crippen LogP contribution >= 0.6 is 0 Å². The molecule has 3 aromatic rings. The molecule has 0 saturated heterocycles. The second-order valence-electron chi connectivity index (χ2n) is 6.65. The van der Waals surface area contributed by atoms with E-state index in [-0.39, 0.29) is 52.3 Å². The number of nitrogens with zero attached hydrogens (tertiary/aromatic N) is 4. The summed E-state index contributed by atoms with van der Waals surface area (Å²) >= 11 is 0. The third-order valence-electron chi connectivity index (χ3n) is 4.35. The molecule has 1 radical (unpaired) electrons. The summed E-state index contributed by atoms with van der Waals surface area (Å²) in [4.78, 5) is 44.0. The van der Waals surface area contributed by atoms with Crippen molar-refractivity contribution in [3.05, 3.63) is 99.9 Å². The molecule has 3 aromatic carbocycles. The zero-order chi connectivity index (χ0) is 25.9. The van der Waals surface area contributed by atoms with Crippen molar-refractivity contribution in [1.82, 2.24) is 0 Å². The molecule has 0 fully saturated rings. The molecule has 0 aliphatic rings. The summed E-state index contributed by atoms with van der Waals surface area (Å²) in [6.45, 7) is 0. The number of nitrogens with one attached hydrogen (secondary N) is 2. The summed E-state index contributed by atoms with van der Waals surface area (Å²) < 4.78 is 32.5. The maximum atomic E-state index is 12.6. The minimum Gasteiger partial charge on any atom is -0.393 e. The first kappa shape index (κ1) is 28.2. The fourth-order valence-electron chi connectivity index (χ4n) is 2.70. The molecule has 0 aromatic heterocycles. The standard InChI is InChI=1S/C18H13N7O9S.Na/c19-11-7-9(1-5-14(11)25(30)31)20-23-17-15(26)6-4-13(18(17)27)22-21-12-3-2-10(24(28)29)8-16(12)35(32,33)34;/h1-8,20-21H,19H2,(H,32,33,34);. The Labute approximate surface area is 221 Å². The first-order valence-corrected chi connectivity index (χ1v) is 10.6. The third kappa shape index (κ3) is 6.34. The Morgan fingerprint density at radius 1 is 0.917 bits per heavy atom. The molecule has 181 valence electrons. The Kier molecular flexibility index (Phi) is 8.73. The molecule has 0 atom stereocenters. The molecule has 3 rings (SSSR count). The number of anilines is 3. The molecule has 0 bridgehead atoms. The van der Waals surface area contributed by atoms with Gasteiger partial charge in [0, 0.05) is 47.8 Å². The van der Waals surface area contributed by atoms with E-state index in [4.69, 9.17) is 5.73 Å². The quantitative estimate of drug-likeness (QED) is 0.0990. The smallest absolute Gasteiger partial charge is 0.296 e. The van der Waals surface area contributed by atoms with Crippen LogP contribution in [0, 0.1) is 20.2 Å². The second kappa shape index (κ2) is 11.1. The first-order valence-electron chi connectivity index (χ1n) is 9.13. The van der Waals surface area contributed by atoms with Crippen LogP contribution in [-0.2, 0) is 10.1 Å². The Hall–Kier alpha value is -4.03. The van der Waals surface area contributed by atoms with E-state index >= 15 is 0 Å². The number of hydrogen-bond donors (Lipinski definition) is 4. The molecule has 5 N–H and O–H groups in total. The van der Waals surface area contributed by atoms with Crippen LogP contribution in [0.5, 0.6) is 0 Å². The van der Waals surface area contributed by atoms with Crippen LogP contribution in [0.4, 0.5) is 28.4 Å². The second-order valence-corrected chi connectivity index (χ2v) is 8.04. The summed E-state index contributed by atoms with van der Waals surface area (Å²) in [6, 6.07) is 7.94. The van der Waals surface area contributed by atoms with Gasteiger partial charge in [0.15, 0.2) is 5.36 Å². The van der Waals surface area contributed by atoms with Gasteiger partial charge < -0.3 is 5.73 Å². The molecular formula is C18H13N7NaO9S. The molecule has 0 spiro atoms. The SMILES string of the molecule is Nc1cc(NN=c2c(=O)ccc(=NNc3ccc([N+](=O)[O-])cc3S(=O)(=O)O)c2=O)ccc1[N+](=O)[O-].[Na]. The molecule has 0 unspecified atom stereocenters. The molecule has 0 amide bonds. The fourth-order valence-corrected chi connectivity index (χ4v) is 3.36. The van der Waals surface area contributed by atoms with Gasteiger partial charge in [-0.1, -0.05) is 0 Å². The van der Waals surface area contributed by atoms with Crippen molar-refractivity contribution >= 4 is 68.1 Å². The first-order chi connectivity index (χ1) is 16.4. The van der Waals surface area contributed by atoms with Gasteiger partial charge >= 0.3 is 0 Å². The van der Waals surface area contributed by atoms with Gasteiger partial charge in [-0.15, -0.1) is 0 Å². The maximum Gasteiger partial charge on any atom is 0.296 e. The molecule has 36 heavy (non-hydrogen) atoms. The van der Waals surface area contributed by atoms with Gasteiger partial charge in [-0.05, 0) is 30.3 Å². The van der Waals surface area contributed by atoms with Crippen LogP contribution < -0.4 is 38.2 Å². The summed E-state index contributed by atoms with van der Waals surface area (Å²) in [5.74, 6) is 0. The van der Waals surface area contributed by atoms with Gasteiger partial charge in [0.25, 0.3) is 21.5 Å². The summed E-state index contributed by atoms with van der Waals surface area (Å²) in [7, 11) is -4.91. The predicted molar refractivity (Wildman–Crippen MR) is 126 cm³/mol. The van der Waals surface area contributed by atoms with Crippen LogP contribution in [0.25, 0.3) is 0 Å². The van der Waals surface area contributed by atoms with Gasteiger partial charge in [0.05, 0.1) is 21.2 Å². The molecular weight excluding hydrogens is 513 g/mol. The van der Waals surface area contributed by atoms with Crippen molar-refractivity contribution in [3.8, 4) is 0 Å². The van der Waals surface area contributed by atoms with Crippen molar-refractivity contribution in [2.24, 2.45) is 10.2 Å². The zero-order valence-corrected chi connectivity index (χ0v) is 20.9. The van der Waals surface area contributed by atoms with Gasteiger partial charge in [0.2, 0.25) is 10.9 Å². The zero-order valence-electron chi connectivity index (χ0n) is 18.1. The van der Waals surface area contributed by atoms with E-state index in [0.717, 1.165) is 36.4 Å². The minimum atomic E-state index is -4.91. The monoisotopic (exact) mass is 526 g/mol. The van der Waals surface area contributed by atoms with Gasteiger partial charge in [0.1, 0.15) is 15.9 Å². The largest absolute Gasteiger partial charge is 0.393 e. The maximum absolute atomic E-state index is 12.6. The van der Waals surface area contributed by atoms with Crippen LogP contribution in [0.2, 0.25) is 0 Å². The van der Waals surface area contributed by atoms with Crippen molar-refractivity contribution in [3.63, 3.8) is 0 Å². The Balaban J connectivity index is 0.00000456. The number of rotatable bonds is 7. The number of nitro groups is 2. The van der Waals surface area contributed by atoms with E-state index in [1.807, 2.05) is 0 Å². The molecule has 0 aliphatic carbocycles. The normalized spacial score (nSPS) is 12.0. The fraction of sp³-hybridized carbons (Fsp3) is 0. The van der Waals surface area contributed by atoms with Gasteiger partial charge in [-0.25, -0.2) is 0 Å². The Bertz CT molecular complexity index is 1700. The van der Waals surface area contributed by atoms with Crippen LogP contribution in [-0.4, -0.2) is 52.4 Å². The third-order valence-corrected chi connectivity index (χ3v) is 5.24. The molecule has 16 nitrogen and oxygen atoms in total. The van der Waals surface area contributed by atoms with E-state index in [9.17, 15) is 42.8 Å². The minimum absolute atomic E-state index is 0. The van der Waals surface area contributed by atoms with Crippen molar-refractivity contribution in [1.29, 1.82) is 0 Å².